The van der Waals surface area contributed by atoms with Gasteiger partial charge >= 0.3 is 29.6 Å². The van der Waals surface area contributed by atoms with Crippen LogP contribution in [0.15, 0.2) is 0 Å². The van der Waals surface area contributed by atoms with Gasteiger partial charge in [0.2, 0.25) is 0 Å². The van der Waals surface area contributed by atoms with Gasteiger partial charge in [0.1, 0.15) is 0 Å². The minimum atomic E-state index is 0. The molecular formula is C16H39ClNNaO2. The van der Waals surface area contributed by atoms with E-state index in [4.69, 9.17) is 5.73 Å². The molecule has 0 aliphatic carbocycles. The van der Waals surface area contributed by atoms with Crippen LogP contribution in [-0.4, -0.2) is 17.5 Å². The van der Waals surface area contributed by atoms with Crippen LogP contribution in [-0.2, 0) is 0 Å². The second kappa shape index (κ2) is 32.9. The molecule has 0 radical (unpaired) electrons. The molecule has 0 saturated heterocycles. The number of nitrogens with two attached hydrogens (primary N) is 1. The van der Waals surface area contributed by atoms with E-state index in [0.717, 1.165) is 6.54 Å². The van der Waals surface area contributed by atoms with Gasteiger partial charge in [-0.05, 0) is 13.0 Å². The standard InChI is InChI=1S/C16H35N.ClH.Na.2H2O/c1-2-3-4-5-6-7-8-9-10-11-12-13-14-15-16-17;;;;/h2-17H2,1H3;1H;;2*1H2/q;;+1;;/p-1. The van der Waals surface area contributed by atoms with Crippen molar-refractivity contribution in [2.45, 2.75) is 96.8 Å². The first-order chi connectivity index (χ1) is 8.41. The van der Waals surface area contributed by atoms with Gasteiger partial charge in [-0.25, -0.2) is 0 Å². The summed E-state index contributed by atoms with van der Waals surface area (Å²) in [4.78, 5) is 0. The van der Waals surface area contributed by atoms with Gasteiger partial charge in [-0.15, -0.1) is 0 Å². The predicted molar refractivity (Wildman–Crippen MR) is 86.6 cm³/mol. The van der Waals surface area contributed by atoms with E-state index in [0.29, 0.717) is 0 Å². The van der Waals surface area contributed by atoms with Crippen LogP contribution in [0.25, 0.3) is 0 Å². The topological polar surface area (TPSA) is 89.0 Å². The number of rotatable bonds is 14. The molecule has 0 aromatic heterocycles. The molecule has 0 rings (SSSR count). The maximum Gasteiger partial charge on any atom is 1.00 e. The summed E-state index contributed by atoms with van der Waals surface area (Å²) in [5.41, 5.74) is 5.47. The Kier molecular flexibility index (Phi) is 52.9. The third kappa shape index (κ3) is 33.8. The summed E-state index contributed by atoms with van der Waals surface area (Å²) in [6, 6.07) is 0. The summed E-state index contributed by atoms with van der Waals surface area (Å²) in [7, 11) is 0. The zero-order chi connectivity index (χ0) is 12.6. The van der Waals surface area contributed by atoms with Crippen molar-refractivity contribution in [2.75, 3.05) is 6.54 Å². The van der Waals surface area contributed by atoms with Gasteiger partial charge in [-0.2, -0.15) is 0 Å². The summed E-state index contributed by atoms with van der Waals surface area (Å²) < 4.78 is 0. The van der Waals surface area contributed by atoms with E-state index in [9.17, 15) is 0 Å². The van der Waals surface area contributed by atoms with Gasteiger partial charge < -0.3 is 29.1 Å². The Labute approximate surface area is 161 Å². The fraction of sp³-hybridized carbons (Fsp3) is 1.00. The van der Waals surface area contributed by atoms with E-state index in [1.807, 2.05) is 0 Å². The normalized spacial score (nSPS) is 8.86. The molecule has 0 aromatic carbocycles. The first-order valence-corrected chi connectivity index (χ1v) is 8.12. The van der Waals surface area contributed by atoms with Gasteiger partial charge in [-0.1, -0.05) is 90.4 Å². The second-order valence-electron chi connectivity index (χ2n) is 5.38. The van der Waals surface area contributed by atoms with Crippen LogP contribution in [0.1, 0.15) is 96.8 Å². The summed E-state index contributed by atoms with van der Waals surface area (Å²) in [5, 5.41) is 0. The zero-order valence-corrected chi connectivity index (χ0v) is 17.3. The van der Waals surface area contributed by atoms with Crippen LogP contribution >= 0.6 is 0 Å². The van der Waals surface area contributed by atoms with Gasteiger partial charge in [0.25, 0.3) is 0 Å². The molecule has 128 valence electrons. The van der Waals surface area contributed by atoms with E-state index in [1.54, 1.807) is 0 Å². The average Bonchev–Trinajstić information content (AvgIpc) is 2.35. The summed E-state index contributed by atoms with van der Waals surface area (Å²) in [6.07, 6.45) is 19.9. The third-order valence-electron chi connectivity index (χ3n) is 3.56. The van der Waals surface area contributed by atoms with Crippen LogP contribution in [0.5, 0.6) is 0 Å². The fourth-order valence-corrected chi connectivity index (χ4v) is 2.34. The Balaban J connectivity index is -0.000000213. The van der Waals surface area contributed by atoms with Crippen LogP contribution in [0.2, 0.25) is 0 Å². The Bertz CT molecular complexity index is 129. The molecule has 0 heterocycles. The monoisotopic (exact) mass is 335 g/mol. The first-order valence-electron chi connectivity index (χ1n) is 8.12. The van der Waals surface area contributed by atoms with E-state index >= 15 is 0 Å². The first kappa shape index (κ1) is 33.7. The molecule has 6 N–H and O–H groups in total. The van der Waals surface area contributed by atoms with Gasteiger partial charge in [0, 0.05) is 0 Å². The van der Waals surface area contributed by atoms with Gasteiger partial charge in [0.05, 0.1) is 0 Å². The van der Waals surface area contributed by atoms with Gasteiger partial charge in [0.15, 0.2) is 0 Å². The number of halogens is 1. The molecule has 0 bridgehead atoms. The van der Waals surface area contributed by atoms with Crippen molar-refractivity contribution in [1.29, 1.82) is 0 Å². The molecule has 0 fully saturated rings. The van der Waals surface area contributed by atoms with Crippen molar-refractivity contribution >= 4 is 0 Å². The maximum absolute atomic E-state index is 5.47. The smallest absolute Gasteiger partial charge is 1.00 e. The fourth-order valence-electron chi connectivity index (χ4n) is 2.34. The minimum absolute atomic E-state index is 0. The van der Waals surface area contributed by atoms with Crippen LogP contribution in [0.3, 0.4) is 0 Å². The number of hydrogen-bond donors (Lipinski definition) is 1. The van der Waals surface area contributed by atoms with E-state index in [2.05, 4.69) is 6.92 Å². The van der Waals surface area contributed by atoms with Crippen molar-refractivity contribution in [2.24, 2.45) is 5.73 Å². The molecule has 0 saturated carbocycles. The molecule has 0 atom stereocenters. The summed E-state index contributed by atoms with van der Waals surface area (Å²) >= 11 is 0. The summed E-state index contributed by atoms with van der Waals surface area (Å²) in [5.74, 6) is 0. The average molecular weight is 336 g/mol. The molecule has 0 amide bonds. The van der Waals surface area contributed by atoms with E-state index in [1.165, 1.54) is 89.9 Å². The van der Waals surface area contributed by atoms with E-state index < -0.39 is 0 Å². The Morgan fingerprint density at radius 1 is 0.524 bits per heavy atom. The minimum Gasteiger partial charge on any atom is -1.00 e. The number of unbranched alkanes of at least 4 members (excludes halogenated alkanes) is 13. The third-order valence-corrected chi connectivity index (χ3v) is 3.56. The molecule has 0 aromatic rings. The van der Waals surface area contributed by atoms with Crippen LogP contribution in [0.4, 0.5) is 0 Å². The van der Waals surface area contributed by atoms with Crippen molar-refractivity contribution in [3.63, 3.8) is 0 Å². The van der Waals surface area contributed by atoms with E-state index in [-0.39, 0.29) is 52.9 Å². The second-order valence-corrected chi connectivity index (χ2v) is 5.38. The molecular weight excluding hydrogens is 297 g/mol. The zero-order valence-electron chi connectivity index (χ0n) is 14.6. The molecule has 0 aliphatic rings. The maximum atomic E-state index is 5.47. The van der Waals surface area contributed by atoms with Crippen molar-refractivity contribution in [1.82, 2.24) is 0 Å². The van der Waals surface area contributed by atoms with Gasteiger partial charge in [-0.3, -0.25) is 0 Å². The number of hydrogen-bond acceptors (Lipinski definition) is 1. The quantitative estimate of drug-likeness (QED) is 0.283. The van der Waals surface area contributed by atoms with Crippen LogP contribution in [0, 0.1) is 0 Å². The molecule has 5 heteroatoms. The molecule has 21 heavy (non-hydrogen) atoms. The Morgan fingerprint density at radius 2 is 0.762 bits per heavy atom. The van der Waals surface area contributed by atoms with Crippen molar-refractivity contribution < 1.29 is 52.9 Å². The van der Waals surface area contributed by atoms with Crippen LogP contribution < -0.4 is 47.7 Å². The molecule has 0 spiro atoms. The largest absolute Gasteiger partial charge is 1.00 e. The SMILES string of the molecule is CCCCCCCCCCCCCCCCN.O.O.[Cl-].[Na+]. The van der Waals surface area contributed by atoms with Crippen molar-refractivity contribution in [3.05, 3.63) is 0 Å². The Morgan fingerprint density at radius 3 is 1.00 bits per heavy atom. The molecule has 0 aliphatic heterocycles. The van der Waals surface area contributed by atoms with Crippen molar-refractivity contribution in [3.8, 4) is 0 Å². The Hall–Kier alpha value is 1.17. The molecule has 0 unspecified atom stereocenters. The summed E-state index contributed by atoms with van der Waals surface area (Å²) in [6.45, 7) is 3.16. The molecule has 3 nitrogen and oxygen atoms in total. The predicted octanol–water partition coefficient (Wildman–Crippen LogP) is -2.21.